The summed E-state index contributed by atoms with van der Waals surface area (Å²) < 4.78 is 5.98. The van der Waals surface area contributed by atoms with Gasteiger partial charge >= 0.3 is 11.9 Å². The van der Waals surface area contributed by atoms with Crippen molar-refractivity contribution < 1.29 is 19.4 Å². The van der Waals surface area contributed by atoms with Crippen LogP contribution in [-0.4, -0.2) is 23.1 Å². The van der Waals surface area contributed by atoms with Gasteiger partial charge in [-0.1, -0.05) is 187 Å². The van der Waals surface area contributed by atoms with Gasteiger partial charge in [0.15, 0.2) is 0 Å². The zero-order valence-electron chi connectivity index (χ0n) is 30.0. The third kappa shape index (κ3) is 35.4. The van der Waals surface area contributed by atoms with E-state index in [-0.39, 0.29) is 18.5 Å². The summed E-state index contributed by atoms with van der Waals surface area (Å²) >= 11 is 0. The quantitative estimate of drug-likeness (QED) is 0.0553. The monoisotopic (exact) mass is 623 g/mol. The molecule has 0 radical (unpaired) electrons. The standard InChI is InChI=1S/C40H78O4/c1-3-5-7-9-11-12-13-14-15-16-17-18-19-20-21-22-24-29-33-37-40(43)44-38(34-30-26-23-10-8-6-4-2)35-31-27-25-28-32-36-39(41)42/h38H,3-37H2,1-2H3,(H,41,42). The Labute approximate surface area is 275 Å². The normalized spacial score (nSPS) is 12.0. The van der Waals surface area contributed by atoms with E-state index in [0.29, 0.717) is 6.42 Å². The molecule has 0 aromatic heterocycles. The number of hydrogen-bond acceptors (Lipinski definition) is 3. The van der Waals surface area contributed by atoms with Crippen LogP contribution in [0.1, 0.15) is 239 Å². The molecule has 262 valence electrons. The van der Waals surface area contributed by atoms with Gasteiger partial charge in [0, 0.05) is 12.8 Å². The Morgan fingerprint density at radius 3 is 1.00 bits per heavy atom. The SMILES string of the molecule is CCCCCCCCCCCCCCCCCCCCCC(=O)OC(CCCCCCCCC)CCCCCCCC(=O)O. The van der Waals surface area contributed by atoms with E-state index in [2.05, 4.69) is 13.8 Å². The highest BCUT2D eigenvalue weighted by atomic mass is 16.5. The maximum absolute atomic E-state index is 12.6. The molecule has 0 aliphatic carbocycles. The van der Waals surface area contributed by atoms with Crippen LogP contribution in [0.2, 0.25) is 0 Å². The first-order valence-corrected chi connectivity index (χ1v) is 20.0. The van der Waals surface area contributed by atoms with Crippen LogP contribution in [0, 0.1) is 0 Å². The van der Waals surface area contributed by atoms with Crippen LogP contribution in [0.25, 0.3) is 0 Å². The van der Waals surface area contributed by atoms with E-state index in [9.17, 15) is 9.59 Å². The Balaban J connectivity index is 3.78. The van der Waals surface area contributed by atoms with Gasteiger partial charge in [-0.05, 0) is 38.5 Å². The third-order valence-electron chi connectivity index (χ3n) is 9.33. The molecule has 0 amide bonds. The molecule has 1 N–H and O–H groups in total. The van der Waals surface area contributed by atoms with Crippen LogP contribution < -0.4 is 0 Å². The zero-order valence-corrected chi connectivity index (χ0v) is 30.0. The molecular weight excluding hydrogens is 544 g/mol. The molecule has 0 saturated heterocycles. The maximum atomic E-state index is 12.6. The number of unbranched alkanes of at least 4 members (excludes halogenated alkanes) is 28. The lowest BCUT2D eigenvalue weighted by Gasteiger charge is -2.18. The molecule has 0 bridgehead atoms. The number of carbonyl (C=O) groups excluding carboxylic acids is 1. The van der Waals surface area contributed by atoms with Gasteiger partial charge in [-0.3, -0.25) is 9.59 Å². The van der Waals surface area contributed by atoms with E-state index in [1.807, 2.05) is 0 Å². The number of ether oxygens (including phenoxy) is 1. The van der Waals surface area contributed by atoms with Crippen LogP contribution in [0.4, 0.5) is 0 Å². The summed E-state index contributed by atoms with van der Waals surface area (Å²) in [5, 5.41) is 8.79. The number of hydrogen-bond donors (Lipinski definition) is 1. The summed E-state index contributed by atoms with van der Waals surface area (Å²) in [5.41, 5.74) is 0. The summed E-state index contributed by atoms with van der Waals surface area (Å²) in [6.07, 6.45) is 42.8. The molecule has 0 rings (SSSR count). The summed E-state index contributed by atoms with van der Waals surface area (Å²) in [4.78, 5) is 23.3. The van der Waals surface area contributed by atoms with E-state index in [1.54, 1.807) is 0 Å². The Morgan fingerprint density at radius 1 is 0.409 bits per heavy atom. The van der Waals surface area contributed by atoms with Crippen molar-refractivity contribution in [3.63, 3.8) is 0 Å². The number of esters is 1. The minimum atomic E-state index is -0.698. The van der Waals surface area contributed by atoms with E-state index in [0.717, 1.165) is 64.2 Å². The maximum Gasteiger partial charge on any atom is 0.306 e. The highest BCUT2D eigenvalue weighted by molar-refractivity contribution is 5.69. The van der Waals surface area contributed by atoms with Crippen molar-refractivity contribution in [1.82, 2.24) is 0 Å². The van der Waals surface area contributed by atoms with Crippen molar-refractivity contribution in [2.24, 2.45) is 0 Å². The predicted molar refractivity (Wildman–Crippen MR) is 190 cm³/mol. The van der Waals surface area contributed by atoms with Crippen LogP contribution >= 0.6 is 0 Å². The lowest BCUT2D eigenvalue weighted by Crippen LogP contribution is -2.18. The largest absolute Gasteiger partial charge is 0.481 e. The smallest absolute Gasteiger partial charge is 0.306 e. The Hall–Kier alpha value is -1.06. The molecule has 0 fully saturated rings. The molecule has 4 heteroatoms. The molecule has 0 aliphatic heterocycles. The summed E-state index contributed by atoms with van der Waals surface area (Å²) in [6, 6.07) is 0. The molecule has 0 heterocycles. The van der Waals surface area contributed by atoms with Crippen molar-refractivity contribution in [3.8, 4) is 0 Å². The topological polar surface area (TPSA) is 63.6 Å². The van der Waals surface area contributed by atoms with Crippen molar-refractivity contribution >= 4 is 11.9 Å². The number of aliphatic carboxylic acids is 1. The summed E-state index contributed by atoms with van der Waals surface area (Å²) in [6.45, 7) is 4.55. The number of rotatable bonds is 37. The third-order valence-corrected chi connectivity index (χ3v) is 9.33. The highest BCUT2D eigenvalue weighted by Crippen LogP contribution is 2.19. The van der Waals surface area contributed by atoms with Gasteiger partial charge in [-0.25, -0.2) is 0 Å². The lowest BCUT2D eigenvalue weighted by molar-refractivity contribution is -0.150. The van der Waals surface area contributed by atoms with Gasteiger partial charge in [-0.15, -0.1) is 0 Å². The fourth-order valence-electron chi connectivity index (χ4n) is 6.36. The molecule has 0 saturated carbocycles. The number of carbonyl (C=O) groups is 2. The van der Waals surface area contributed by atoms with Gasteiger partial charge < -0.3 is 9.84 Å². The van der Waals surface area contributed by atoms with Gasteiger partial charge in [0.1, 0.15) is 6.10 Å². The molecule has 4 nitrogen and oxygen atoms in total. The van der Waals surface area contributed by atoms with Crippen molar-refractivity contribution in [2.75, 3.05) is 0 Å². The van der Waals surface area contributed by atoms with Crippen LogP contribution in [0.15, 0.2) is 0 Å². The predicted octanol–water partition coefficient (Wildman–Crippen LogP) is 13.7. The van der Waals surface area contributed by atoms with E-state index >= 15 is 0 Å². The molecule has 0 aromatic rings. The molecular formula is C40H78O4. The van der Waals surface area contributed by atoms with Gasteiger partial charge in [-0.2, -0.15) is 0 Å². The number of carboxylic acid groups (broad SMARTS) is 1. The van der Waals surface area contributed by atoms with Crippen molar-refractivity contribution in [3.05, 3.63) is 0 Å². The Bertz CT molecular complexity index is 590. The summed E-state index contributed by atoms with van der Waals surface area (Å²) in [7, 11) is 0. The van der Waals surface area contributed by atoms with Crippen LogP contribution in [0.3, 0.4) is 0 Å². The zero-order chi connectivity index (χ0) is 32.2. The van der Waals surface area contributed by atoms with Crippen LogP contribution in [0.5, 0.6) is 0 Å². The first-order chi connectivity index (χ1) is 21.6. The average Bonchev–Trinajstić information content (AvgIpc) is 3.00. The van der Waals surface area contributed by atoms with Gasteiger partial charge in [0.25, 0.3) is 0 Å². The molecule has 0 aromatic carbocycles. The van der Waals surface area contributed by atoms with Gasteiger partial charge in [0.2, 0.25) is 0 Å². The van der Waals surface area contributed by atoms with Gasteiger partial charge in [0.05, 0.1) is 0 Å². The van der Waals surface area contributed by atoms with E-state index in [4.69, 9.17) is 9.84 Å². The van der Waals surface area contributed by atoms with Crippen molar-refractivity contribution in [2.45, 2.75) is 245 Å². The number of carboxylic acids is 1. The second-order valence-electron chi connectivity index (χ2n) is 13.8. The fraction of sp³-hybridized carbons (Fsp3) is 0.950. The van der Waals surface area contributed by atoms with Crippen molar-refractivity contribution in [1.29, 1.82) is 0 Å². The molecule has 44 heavy (non-hydrogen) atoms. The minimum Gasteiger partial charge on any atom is -0.481 e. The molecule has 0 aliphatic rings. The highest BCUT2D eigenvalue weighted by Gasteiger charge is 2.14. The molecule has 1 unspecified atom stereocenters. The molecule has 1 atom stereocenters. The van der Waals surface area contributed by atoms with E-state index in [1.165, 1.54) is 148 Å². The first kappa shape index (κ1) is 42.9. The van der Waals surface area contributed by atoms with Crippen LogP contribution in [-0.2, 0) is 14.3 Å². The molecule has 0 spiro atoms. The fourth-order valence-corrected chi connectivity index (χ4v) is 6.36. The minimum absolute atomic E-state index is 0.00591. The summed E-state index contributed by atoms with van der Waals surface area (Å²) in [5.74, 6) is -0.692. The Morgan fingerprint density at radius 2 is 0.682 bits per heavy atom. The second kappa shape index (κ2) is 36.4. The van der Waals surface area contributed by atoms with E-state index < -0.39 is 5.97 Å². The average molecular weight is 623 g/mol. The lowest BCUT2D eigenvalue weighted by atomic mass is 10.0. The second-order valence-corrected chi connectivity index (χ2v) is 13.8. The Kier molecular flexibility index (Phi) is 35.5. The first-order valence-electron chi connectivity index (χ1n) is 20.0.